The topological polar surface area (TPSA) is 102 Å². The Labute approximate surface area is 115 Å². The molecule has 3 N–H and O–H groups in total. The Balaban J connectivity index is 1.82. The Morgan fingerprint density at radius 1 is 1.30 bits per heavy atom. The summed E-state index contributed by atoms with van der Waals surface area (Å²) in [5, 5.41) is 2.68. The molecule has 1 saturated heterocycles. The van der Waals surface area contributed by atoms with Gasteiger partial charge < -0.3 is 20.7 Å². The zero-order valence-corrected chi connectivity index (χ0v) is 10.8. The van der Waals surface area contributed by atoms with E-state index in [1.54, 1.807) is 12.1 Å². The maximum absolute atomic E-state index is 11.7. The maximum Gasteiger partial charge on any atom is 0.409 e. The summed E-state index contributed by atoms with van der Waals surface area (Å²) in [6.07, 6.45) is -0.198. The van der Waals surface area contributed by atoms with Gasteiger partial charge in [0, 0.05) is 24.2 Å². The van der Waals surface area contributed by atoms with E-state index in [0.29, 0.717) is 30.9 Å². The molecule has 7 heteroatoms. The maximum atomic E-state index is 11.7. The van der Waals surface area contributed by atoms with Crippen molar-refractivity contribution in [2.45, 2.75) is 6.42 Å². The highest BCUT2D eigenvalue weighted by molar-refractivity contribution is 5.94. The number of primary amides is 1. The molecule has 1 aliphatic heterocycles. The molecule has 3 amide bonds. The van der Waals surface area contributed by atoms with Crippen LogP contribution in [0, 0.1) is 0 Å². The summed E-state index contributed by atoms with van der Waals surface area (Å²) < 4.78 is 4.76. The van der Waals surface area contributed by atoms with Gasteiger partial charge in [-0.25, -0.2) is 4.79 Å². The van der Waals surface area contributed by atoms with Gasteiger partial charge >= 0.3 is 6.09 Å². The van der Waals surface area contributed by atoms with Crippen molar-refractivity contribution < 1.29 is 19.1 Å². The third-order valence-electron chi connectivity index (χ3n) is 2.91. The fourth-order valence-corrected chi connectivity index (χ4v) is 1.81. The highest BCUT2D eigenvalue weighted by atomic mass is 16.6. The number of carbonyl (C=O) groups excluding carboxylic acids is 3. The lowest BCUT2D eigenvalue weighted by molar-refractivity contribution is -0.116. The molecule has 0 aromatic heterocycles. The number of anilines is 1. The molecule has 1 fully saturated rings. The Morgan fingerprint density at radius 2 is 2.00 bits per heavy atom. The van der Waals surface area contributed by atoms with Crippen LogP contribution in [-0.4, -0.2) is 42.5 Å². The molecule has 20 heavy (non-hydrogen) atoms. The minimum atomic E-state index is -0.518. The van der Waals surface area contributed by atoms with Gasteiger partial charge in [-0.15, -0.1) is 0 Å². The largest absolute Gasteiger partial charge is 0.448 e. The molecule has 0 atom stereocenters. The van der Waals surface area contributed by atoms with Crippen molar-refractivity contribution in [3.05, 3.63) is 29.8 Å². The molecular weight excluding hydrogens is 262 g/mol. The minimum Gasteiger partial charge on any atom is -0.448 e. The number of benzene rings is 1. The Bertz CT molecular complexity index is 527. The van der Waals surface area contributed by atoms with Crippen molar-refractivity contribution in [1.29, 1.82) is 0 Å². The molecule has 1 aliphatic rings. The lowest BCUT2D eigenvalue weighted by atomic mass is 10.2. The molecule has 0 radical (unpaired) electrons. The number of amides is 3. The van der Waals surface area contributed by atoms with E-state index in [1.807, 2.05) is 0 Å². The molecule has 2 rings (SSSR count). The fourth-order valence-electron chi connectivity index (χ4n) is 1.81. The first-order valence-corrected chi connectivity index (χ1v) is 6.17. The number of cyclic esters (lactones) is 1. The first kappa shape index (κ1) is 13.9. The highest BCUT2D eigenvalue weighted by Gasteiger charge is 2.22. The molecule has 0 saturated carbocycles. The minimum absolute atomic E-state index is 0.187. The number of carbonyl (C=O) groups is 3. The Hall–Kier alpha value is -2.57. The molecule has 106 valence electrons. The first-order chi connectivity index (χ1) is 9.56. The van der Waals surface area contributed by atoms with Gasteiger partial charge in [0.25, 0.3) is 0 Å². The van der Waals surface area contributed by atoms with Crippen LogP contribution in [0.4, 0.5) is 10.5 Å². The normalized spacial score (nSPS) is 14.0. The Morgan fingerprint density at radius 3 is 2.55 bits per heavy atom. The van der Waals surface area contributed by atoms with E-state index in [0.717, 1.165) is 0 Å². The summed E-state index contributed by atoms with van der Waals surface area (Å²) in [7, 11) is 0. The van der Waals surface area contributed by atoms with E-state index in [-0.39, 0.29) is 18.4 Å². The summed E-state index contributed by atoms with van der Waals surface area (Å²) in [6, 6.07) is 6.27. The van der Waals surface area contributed by atoms with Gasteiger partial charge in [0.15, 0.2) is 0 Å². The molecule has 7 nitrogen and oxygen atoms in total. The molecular formula is C13H15N3O4. The second-order valence-electron chi connectivity index (χ2n) is 4.34. The van der Waals surface area contributed by atoms with E-state index in [9.17, 15) is 14.4 Å². The third kappa shape index (κ3) is 3.47. The van der Waals surface area contributed by atoms with Crippen LogP contribution in [0.1, 0.15) is 16.8 Å². The summed E-state index contributed by atoms with van der Waals surface area (Å²) in [4.78, 5) is 35.3. The molecule has 1 aromatic carbocycles. The second-order valence-corrected chi connectivity index (χ2v) is 4.34. The van der Waals surface area contributed by atoms with Crippen molar-refractivity contribution in [2.24, 2.45) is 5.73 Å². The molecule has 0 spiro atoms. The van der Waals surface area contributed by atoms with Crippen molar-refractivity contribution in [3.63, 3.8) is 0 Å². The zero-order chi connectivity index (χ0) is 14.5. The summed E-state index contributed by atoms with van der Waals surface area (Å²) in [6.45, 7) is 1.21. The molecule has 0 bridgehead atoms. The van der Waals surface area contributed by atoms with E-state index in [2.05, 4.69) is 5.32 Å². The fraction of sp³-hybridized carbons (Fsp3) is 0.308. The van der Waals surface area contributed by atoms with E-state index >= 15 is 0 Å². The summed E-state index contributed by atoms with van der Waals surface area (Å²) >= 11 is 0. The second kappa shape index (κ2) is 6.05. The van der Waals surface area contributed by atoms with Crippen LogP contribution in [0.2, 0.25) is 0 Å². The van der Waals surface area contributed by atoms with Crippen LogP contribution in [-0.2, 0) is 9.53 Å². The lowest BCUT2D eigenvalue weighted by Gasteiger charge is -2.12. The van der Waals surface area contributed by atoms with E-state index in [4.69, 9.17) is 10.5 Å². The van der Waals surface area contributed by atoms with Crippen LogP contribution in [0.15, 0.2) is 24.3 Å². The van der Waals surface area contributed by atoms with Crippen LogP contribution in [0.5, 0.6) is 0 Å². The van der Waals surface area contributed by atoms with Crippen molar-refractivity contribution in [3.8, 4) is 0 Å². The van der Waals surface area contributed by atoms with Gasteiger partial charge in [-0.1, -0.05) is 0 Å². The number of nitrogens with two attached hydrogens (primary N) is 1. The molecule has 0 unspecified atom stereocenters. The van der Waals surface area contributed by atoms with Gasteiger partial charge in [0.2, 0.25) is 11.8 Å². The third-order valence-corrected chi connectivity index (χ3v) is 2.91. The average molecular weight is 277 g/mol. The number of ether oxygens (including phenoxy) is 1. The van der Waals surface area contributed by atoms with Gasteiger partial charge in [-0.3, -0.25) is 9.59 Å². The first-order valence-electron chi connectivity index (χ1n) is 6.17. The number of nitrogens with one attached hydrogen (secondary N) is 1. The van der Waals surface area contributed by atoms with Crippen molar-refractivity contribution >= 4 is 23.6 Å². The Kier molecular flexibility index (Phi) is 4.19. The van der Waals surface area contributed by atoms with Gasteiger partial charge in [-0.2, -0.15) is 0 Å². The van der Waals surface area contributed by atoms with Crippen LogP contribution in [0.25, 0.3) is 0 Å². The van der Waals surface area contributed by atoms with Crippen LogP contribution >= 0.6 is 0 Å². The van der Waals surface area contributed by atoms with Gasteiger partial charge in [0.05, 0.1) is 6.54 Å². The SMILES string of the molecule is NC(=O)c1ccc(NC(=O)CCN2CCOC2=O)cc1. The van der Waals surface area contributed by atoms with E-state index < -0.39 is 5.91 Å². The lowest BCUT2D eigenvalue weighted by Crippen LogP contribution is -2.28. The number of hydrogen-bond donors (Lipinski definition) is 2. The standard InChI is InChI=1S/C13H15N3O4/c14-12(18)9-1-3-10(4-2-9)15-11(17)5-6-16-7-8-20-13(16)19/h1-4H,5-8H2,(H2,14,18)(H,15,17). The average Bonchev–Trinajstić information content (AvgIpc) is 2.82. The van der Waals surface area contributed by atoms with Crippen molar-refractivity contribution in [2.75, 3.05) is 25.0 Å². The molecule has 0 aliphatic carbocycles. The predicted octanol–water partition coefficient (Wildman–Crippen LogP) is 0.566. The quantitative estimate of drug-likeness (QED) is 0.821. The predicted molar refractivity (Wildman–Crippen MR) is 71.1 cm³/mol. The smallest absolute Gasteiger partial charge is 0.409 e. The van der Waals surface area contributed by atoms with Gasteiger partial charge in [0.1, 0.15) is 6.61 Å². The van der Waals surface area contributed by atoms with Crippen molar-refractivity contribution in [1.82, 2.24) is 4.90 Å². The van der Waals surface area contributed by atoms with Crippen LogP contribution < -0.4 is 11.1 Å². The zero-order valence-electron chi connectivity index (χ0n) is 10.8. The molecule has 1 heterocycles. The van der Waals surface area contributed by atoms with Crippen LogP contribution in [0.3, 0.4) is 0 Å². The summed E-state index contributed by atoms with van der Waals surface area (Å²) in [5.41, 5.74) is 6.07. The highest BCUT2D eigenvalue weighted by Crippen LogP contribution is 2.10. The summed E-state index contributed by atoms with van der Waals surface area (Å²) in [5.74, 6) is -0.730. The molecule has 1 aromatic rings. The number of nitrogens with zero attached hydrogens (tertiary/aromatic N) is 1. The monoisotopic (exact) mass is 277 g/mol. The van der Waals surface area contributed by atoms with Gasteiger partial charge in [-0.05, 0) is 24.3 Å². The number of hydrogen-bond acceptors (Lipinski definition) is 4. The van der Waals surface area contributed by atoms with E-state index in [1.165, 1.54) is 17.0 Å². The number of rotatable bonds is 5.